The monoisotopic (exact) mass is 505 g/mol. The number of hydrogen-bond donors (Lipinski definition) is 1. The molecule has 7 nitrogen and oxygen atoms in total. The molecule has 9 heteroatoms. The van der Waals surface area contributed by atoms with Crippen LogP contribution in [0.15, 0.2) is 54.7 Å². The van der Waals surface area contributed by atoms with E-state index in [0.29, 0.717) is 16.1 Å². The first-order valence-electron chi connectivity index (χ1n) is 11.4. The van der Waals surface area contributed by atoms with Gasteiger partial charge >= 0.3 is 0 Å². The summed E-state index contributed by atoms with van der Waals surface area (Å²) in [6.45, 7) is 1.10. The van der Waals surface area contributed by atoms with Crippen LogP contribution in [0.2, 0.25) is 5.02 Å². The number of amides is 1. The molecule has 1 N–H and O–H groups in total. The molecule has 0 saturated heterocycles. The van der Waals surface area contributed by atoms with Crippen molar-refractivity contribution in [1.82, 2.24) is 9.88 Å². The van der Waals surface area contributed by atoms with Gasteiger partial charge in [0, 0.05) is 39.4 Å². The molecule has 1 saturated carbocycles. The van der Waals surface area contributed by atoms with E-state index < -0.39 is 23.7 Å². The van der Waals surface area contributed by atoms with E-state index in [1.165, 1.54) is 30.2 Å². The van der Waals surface area contributed by atoms with Crippen molar-refractivity contribution in [3.63, 3.8) is 0 Å². The van der Waals surface area contributed by atoms with Crippen LogP contribution in [0, 0.1) is 23.1 Å². The van der Waals surface area contributed by atoms with Gasteiger partial charge in [-0.05, 0) is 56.2 Å². The number of carbonyl (C=O) groups is 2. The van der Waals surface area contributed by atoms with Gasteiger partial charge in [-0.15, -0.1) is 0 Å². The lowest BCUT2D eigenvalue weighted by molar-refractivity contribution is -0.231. The molecule has 2 heterocycles. The van der Waals surface area contributed by atoms with Gasteiger partial charge in [0.1, 0.15) is 11.9 Å². The first kappa shape index (κ1) is 24.1. The van der Waals surface area contributed by atoms with Crippen molar-refractivity contribution in [3.05, 3.63) is 99.1 Å². The van der Waals surface area contributed by atoms with Crippen molar-refractivity contribution in [1.29, 1.82) is 5.26 Å². The number of pyridine rings is 1. The zero-order chi connectivity index (χ0) is 25.6. The molecule has 2 unspecified atom stereocenters. The average molecular weight is 506 g/mol. The van der Waals surface area contributed by atoms with Gasteiger partial charge in [0.15, 0.2) is 12.1 Å². The van der Waals surface area contributed by atoms with E-state index >= 15 is 4.39 Å². The number of aromatic nitrogens is 1. The number of ketones is 1. The minimum atomic E-state index is -1.78. The van der Waals surface area contributed by atoms with Crippen LogP contribution in [-0.4, -0.2) is 33.0 Å². The number of hydrogen-bond acceptors (Lipinski definition) is 6. The molecule has 36 heavy (non-hydrogen) atoms. The van der Waals surface area contributed by atoms with E-state index in [-0.39, 0.29) is 40.6 Å². The van der Waals surface area contributed by atoms with Crippen LogP contribution in [0.3, 0.4) is 0 Å². The Hall–Kier alpha value is -3.64. The SMILES string of the molecule is CC(=O)c1cc(F)c2c(c1)C(=O)N(C(OC(O)C1CC1)(c1ccc(Cl)cc1)c1ccc(C#N)cn1)C2. The van der Waals surface area contributed by atoms with Gasteiger partial charge in [0.05, 0.1) is 17.8 Å². The first-order chi connectivity index (χ1) is 17.2. The van der Waals surface area contributed by atoms with Gasteiger partial charge in [-0.1, -0.05) is 23.7 Å². The summed E-state index contributed by atoms with van der Waals surface area (Å²) in [5.74, 6) is -1.78. The smallest absolute Gasteiger partial charge is 0.257 e. The Bertz CT molecular complexity index is 1400. The van der Waals surface area contributed by atoms with Crippen molar-refractivity contribution in [2.45, 2.75) is 38.3 Å². The predicted octanol–water partition coefficient (Wildman–Crippen LogP) is 4.55. The maximum atomic E-state index is 15.1. The zero-order valence-corrected chi connectivity index (χ0v) is 20.0. The minimum absolute atomic E-state index is 0.0386. The maximum Gasteiger partial charge on any atom is 0.257 e. The number of ether oxygens (including phenoxy) is 1. The number of nitriles is 1. The number of halogens is 2. The minimum Gasteiger partial charge on any atom is -0.368 e. The predicted molar refractivity (Wildman–Crippen MR) is 127 cm³/mol. The summed E-state index contributed by atoms with van der Waals surface area (Å²) < 4.78 is 21.4. The van der Waals surface area contributed by atoms with E-state index in [9.17, 15) is 20.0 Å². The average Bonchev–Trinajstić information content (AvgIpc) is 3.67. The largest absolute Gasteiger partial charge is 0.368 e. The molecule has 1 amide bonds. The Labute approximate surface area is 211 Å². The molecule has 1 aromatic heterocycles. The molecule has 182 valence electrons. The molecular weight excluding hydrogens is 485 g/mol. The van der Waals surface area contributed by atoms with E-state index in [1.54, 1.807) is 30.3 Å². The third-order valence-electron chi connectivity index (χ3n) is 6.57. The Morgan fingerprint density at radius 2 is 2.00 bits per heavy atom. The molecule has 1 aliphatic carbocycles. The number of aliphatic hydroxyl groups excluding tert-OH is 1. The van der Waals surface area contributed by atoms with Crippen LogP contribution in [0.1, 0.15) is 62.9 Å². The maximum absolute atomic E-state index is 15.1. The summed E-state index contributed by atoms with van der Waals surface area (Å²) >= 11 is 6.14. The highest BCUT2D eigenvalue weighted by molar-refractivity contribution is 6.30. The highest BCUT2D eigenvalue weighted by Gasteiger charge is 2.52. The summed E-state index contributed by atoms with van der Waals surface area (Å²) in [6, 6.07) is 14.1. The lowest BCUT2D eigenvalue weighted by atomic mass is 9.95. The van der Waals surface area contributed by atoms with Gasteiger partial charge in [-0.3, -0.25) is 19.5 Å². The Morgan fingerprint density at radius 1 is 1.28 bits per heavy atom. The van der Waals surface area contributed by atoms with Crippen molar-refractivity contribution in [3.8, 4) is 6.07 Å². The number of carbonyl (C=O) groups excluding carboxylic acids is 2. The standard InChI is InChI=1S/C27H21ClFN3O4/c1-15(33)18-10-21-22(23(29)11-18)14-32(25(21)34)27(36-26(35)17-3-4-17,19-5-7-20(28)8-6-19)24-9-2-16(12-30)13-31-24/h2,5-11,13,17,26,35H,3-4,14H2,1H3. The third-order valence-corrected chi connectivity index (χ3v) is 6.82. The Morgan fingerprint density at radius 3 is 2.58 bits per heavy atom. The number of benzene rings is 2. The van der Waals surface area contributed by atoms with Crippen LogP contribution in [-0.2, 0) is 17.0 Å². The van der Waals surface area contributed by atoms with E-state index in [4.69, 9.17) is 16.3 Å². The zero-order valence-electron chi connectivity index (χ0n) is 19.2. The Balaban J connectivity index is 1.73. The van der Waals surface area contributed by atoms with Crippen molar-refractivity contribution in [2.75, 3.05) is 0 Å². The molecule has 2 aromatic carbocycles. The second-order valence-electron chi connectivity index (χ2n) is 8.97. The van der Waals surface area contributed by atoms with Crippen LogP contribution in [0.4, 0.5) is 4.39 Å². The lowest BCUT2D eigenvalue weighted by Crippen LogP contribution is -2.52. The fourth-order valence-electron chi connectivity index (χ4n) is 4.44. The van der Waals surface area contributed by atoms with Gasteiger partial charge in [-0.25, -0.2) is 4.39 Å². The van der Waals surface area contributed by atoms with Crippen molar-refractivity contribution < 1.29 is 23.8 Å². The van der Waals surface area contributed by atoms with Crippen LogP contribution >= 0.6 is 11.6 Å². The van der Waals surface area contributed by atoms with E-state index in [1.807, 2.05) is 6.07 Å². The Kier molecular flexibility index (Phi) is 6.08. The summed E-state index contributed by atoms with van der Waals surface area (Å²) in [4.78, 5) is 31.5. The topological polar surface area (TPSA) is 104 Å². The van der Waals surface area contributed by atoms with Gasteiger partial charge in [0.2, 0.25) is 5.72 Å². The van der Waals surface area contributed by atoms with Crippen molar-refractivity contribution in [2.24, 2.45) is 5.92 Å². The molecule has 0 spiro atoms. The molecule has 0 radical (unpaired) electrons. The van der Waals surface area contributed by atoms with Crippen LogP contribution in [0.25, 0.3) is 0 Å². The molecule has 2 atom stereocenters. The highest BCUT2D eigenvalue weighted by Crippen LogP contribution is 2.46. The second-order valence-corrected chi connectivity index (χ2v) is 9.41. The fourth-order valence-corrected chi connectivity index (χ4v) is 4.57. The first-order valence-corrected chi connectivity index (χ1v) is 11.8. The van der Waals surface area contributed by atoms with Crippen LogP contribution < -0.4 is 0 Å². The lowest BCUT2D eigenvalue weighted by Gasteiger charge is -2.42. The molecule has 3 aromatic rings. The number of rotatable bonds is 7. The van der Waals surface area contributed by atoms with Gasteiger partial charge < -0.3 is 9.84 Å². The number of aliphatic hydroxyl groups is 1. The van der Waals surface area contributed by atoms with Gasteiger partial charge in [0.25, 0.3) is 5.91 Å². The molecule has 1 aliphatic heterocycles. The highest BCUT2D eigenvalue weighted by atomic mass is 35.5. The van der Waals surface area contributed by atoms with Gasteiger partial charge in [-0.2, -0.15) is 5.26 Å². The molecule has 0 bridgehead atoms. The number of fused-ring (bicyclic) bond motifs is 1. The number of Topliss-reactive ketones (excluding diaryl/α,β-unsaturated/α-hetero) is 1. The summed E-state index contributed by atoms with van der Waals surface area (Å²) in [5.41, 5.74) is -0.611. The molecule has 2 aliphatic rings. The summed E-state index contributed by atoms with van der Waals surface area (Å²) in [6.07, 6.45) is 1.61. The van der Waals surface area contributed by atoms with E-state index in [0.717, 1.165) is 18.9 Å². The number of nitrogens with zero attached hydrogens (tertiary/aromatic N) is 3. The molecule has 1 fully saturated rings. The molecular formula is C27H21ClFN3O4. The van der Waals surface area contributed by atoms with Crippen LogP contribution in [0.5, 0.6) is 0 Å². The summed E-state index contributed by atoms with van der Waals surface area (Å²) in [7, 11) is 0. The molecule has 5 rings (SSSR count). The van der Waals surface area contributed by atoms with Crippen molar-refractivity contribution >= 4 is 23.3 Å². The third kappa shape index (κ3) is 4.05. The quantitative estimate of drug-likeness (QED) is 0.373. The second kappa shape index (κ2) is 9.10. The summed E-state index contributed by atoms with van der Waals surface area (Å²) in [5, 5.41) is 20.7. The van der Waals surface area contributed by atoms with E-state index in [2.05, 4.69) is 4.98 Å². The normalized spacial score (nSPS) is 17.3. The fraction of sp³-hybridized carbons (Fsp3) is 0.259.